The van der Waals surface area contributed by atoms with Gasteiger partial charge in [0, 0.05) is 19.1 Å². The fraction of sp³-hybridized carbons (Fsp3) is 0.542. The monoisotopic (exact) mass is 454 g/mol. The van der Waals surface area contributed by atoms with Crippen LogP contribution < -0.4 is 10.2 Å². The molecule has 0 bridgehead atoms. The number of aromatic nitrogens is 4. The number of fused-ring (bicyclic) bond motifs is 1. The number of imidazole rings is 1. The van der Waals surface area contributed by atoms with E-state index in [1.807, 2.05) is 36.7 Å². The summed E-state index contributed by atoms with van der Waals surface area (Å²) in [5.74, 6) is 2.41. The number of anilines is 1. The Morgan fingerprint density at radius 3 is 2.59 bits per heavy atom. The summed E-state index contributed by atoms with van der Waals surface area (Å²) < 4.78 is 8.02. The number of piperidine rings is 1. The van der Waals surface area contributed by atoms with Crippen molar-refractivity contribution in [3.8, 4) is 5.75 Å². The van der Waals surface area contributed by atoms with E-state index in [9.17, 15) is 0 Å². The first-order valence-electron chi connectivity index (χ1n) is 11.9. The lowest BCUT2D eigenvalue weighted by atomic mass is 9.93. The highest BCUT2D eigenvalue weighted by Crippen LogP contribution is 2.33. The zero-order chi connectivity index (χ0) is 21.8. The molecule has 1 aliphatic heterocycles. The normalized spacial score (nSPS) is 18.4. The van der Waals surface area contributed by atoms with Crippen molar-refractivity contribution in [3.05, 3.63) is 41.9 Å². The van der Waals surface area contributed by atoms with Gasteiger partial charge in [0.05, 0.1) is 12.9 Å². The van der Waals surface area contributed by atoms with Gasteiger partial charge in [0.15, 0.2) is 17.0 Å². The summed E-state index contributed by atoms with van der Waals surface area (Å²) in [4.78, 5) is 13.6. The van der Waals surface area contributed by atoms with Gasteiger partial charge in [-0.2, -0.15) is 9.97 Å². The molecule has 3 heterocycles. The topological polar surface area (TPSA) is 68.1 Å². The van der Waals surface area contributed by atoms with Crippen molar-refractivity contribution in [2.24, 2.45) is 5.92 Å². The van der Waals surface area contributed by atoms with E-state index in [1.54, 1.807) is 0 Å². The molecule has 2 aliphatic rings. The van der Waals surface area contributed by atoms with Gasteiger partial charge >= 0.3 is 0 Å². The van der Waals surface area contributed by atoms with Gasteiger partial charge in [0.2, 0.25) is 5.28 Å². The number of hydrogen-bond donors (Lipinski definition) is 1. The number of benzene rings is 1. The molecule has 1 saturated heterocycles. The third-order valence-electron chi connectivity index (χ3n) is 6.76. The fourth-order valence-corrected chi connectivity index (χ4v) is 5.14. The maximum absolute atomic E-state index is 6.28. The number of ether oxygens (including phenoxy) is 1. The minimum absolute atomic E-state index is 0.271. The lowest BCUT2D eigenvalue weighted by Crippen LogP contribution is -2.38. The van der Waals surface area contributed by atoms with Crippen molar-refractivity contribution in [1.82, 2.24) is 24.5 Å². The van der Waals surface area contributed by atoms with Crippen molar-refractivity contribution in [3.63, 3.8) is 0 Å². The van der Waals surface area contributed by atoms with E-state index >= 15 is 0 Å². The molecule has 8 heteroatoms. The predicted molar refractivity (Wildman–Crippen MR) is 127 cm³/mol. The van der Waals surface area contributed by atoms with Crippen molar-refractivity contribution < 1.29 is 4.74 Å². The molecule has 3 aromatic rings. The number of halogens is 1. The van der Waals surface area contributed by atoms with Crippen molar-refractivity contribution in [2.45, 2.75) is 57.4 Å². The number of hydrogen-bond acceptors (Lipinski definition) is 6. The molecule has 0 unspecified atom stereocenters. The minimum Gasteiger partial charge on any atom is -0.494 e. The molecule has 2 aromatic heterocycles. The molecule has 1 aromatic carbocycles. The Labute approximate surface area is 194 Å². The van der Waals surface area contributed by atoms with Crippen LogP contribution in [0.1, 0.15) is 57.4 Å². The Bertz CT molecular complexity index is 1010. The van der Waals surface area contributed by atoms with Crippen LogP contribution in [0.25, 0.3) is 11.2 Å². The zero-order valence-electron chi connectivity index (χ0n) is 18.4. The van der Waals surface area contributed by atoms with E-state index in [0.29, 0.717) is 11.9 Å². The second kappa shape index (κ2) is 10.0. The van der Waals surface area contributed by atoms with Crippen LogP contribution in [0, 0.1) is 5.92 Å². The van der Waals surface area contributed by atoms with E-state index in [0.717, 1.165) is 61.8 Å². The van der Waals surface area contributed by atoms with Crippen molar-refractivity contribution >= 4 is 28.6 Å². The minimum atomic E-state index is 0.271. The highest BCUT2D eigenvalue weighted by molar-refractivity contribution is 6.28. The first-order chi connectivity index (χ1) is 15.8. The van der Waals surface area contributed by atoms with Crippen LogP contribution in [-0.4, -0.2) is 44.2 Å². The molecule has 0 atom stereocenters. The predicted octanol–water partition coefficient (Wildman–Crippen LogP) is 5.49. The summed E-state index contributed by atoms with van der Waals surface area (Å²) in [5.41, 5.74) is 5.12. The van der Waals surface area contributed by atoms with E-state index in [-0.39, 0.29) is 5.28 Å². The van der Waals surface area contributed by atoms with Crippen LogP contribution in [0.3, 0.4) is 0 Å². The summed E-state index contributed by atoms with van der Waals surface area (Å²) >= 11 is 6.28. The Kier molecular flexibility index (Phi) is 6.74. The Morgan fingerprint density at radius 1 is 1.03 bits per heavy atom. The molecule has 32 heavy (non-hydrogen) atoms. The van der Waals surface area contributed by atoms with Gasteiger partial charge in [0.25, 0.3) is 0 Å². The molecule has 7 nitrogen and oxygen atoms in total. The number of hydrazine groups is 1. The standard InChI is InChI=1S/C24H31ClN6O/c25-24-27-22(21-23(28-24)31(17-26-21)19-8-4-5-9-19)29-30-14-12-18(13-15-30)7-6-16-32-20-10-2-1-3-11-20/h1-3,10-11,17-19H,4-9,12-16H2,(H,27,28,29). The van der Waals surface area contributed by atoms with Crippen molar-refractivity contribution in [1.29, 1.82) is 0 Å². The molecule has 1 saturated carbocycles. The lowest BCUT2D eigenvalue weighted by molar-refractivity contribution is 0.198. The molecule has 1 N–H and O–H groups in total. The molecule has 2 fully saturated rings. The molecular weight excluding hydrogens is 424 g/mol. The largest absolute Gasteiger partial charge is 0.494 e. The van der Waals surface area contributed by atoms with E-state index < -0.39 is 0 Å². The summed E-state index contributed by atoms with van der Waals surface area (Å²) in [5, 5.41) is 2.51. The van der Waals surface area contributed by atoms with Crippen LogP contribution in [0.5, 0.6) is 5.75 Å². The zero-order valence-corrected chi connectivity index (χ0v) is 19.2. The lowest BCUT2D eigenvalue weighted by Gasteiger charge is -2.32. The van der Waals surface area contributed by atoms with Crippen LogP contribution >= 0.6 is 11.6 Å². The molecule has 1 aliphatic carbocycles. The molecule has 0 radical (unpaired) electrons. The maximum atomic E-state index is 6.28. The van der Waals surface area contributed by atoms with E-state index in [1.165, 1.54) is 32.1 Å². The van der Waals surface area contributed by atoms with Crippen LogP contribution in [-0.2, 0) is 0 Å². The second-order valence-electron chi connectivity index (χ2n) is 8.95. The third-order valence-corrected chi connectivity index (χ3v) is 6.93. The summed E-state index contributed by atoms with van der Waals surface area (Å²) in [6.07, 6.45) is 11.4. The summed E-state index contributed by atoms with van der Waals surface area (Å²) in [7, 11) is 0. The Morgan fingerprint density at radius 2 is 1.81 bits per heavy atom. The second-order valence-corrected chi connectivity index (χ2v) is 9.29. The first-order valence-corrected chi connectivity index (χ1v) is 12.2. The molecule has 5 rings (SSSR count). The van der Waals surface area contributed by atoms with Crippen LogP contribution in [0.15, 0.2) is 36.7 Å². The van der Waals surface area contributed by atoms with Gasteiger partial charge in [-0.1, -0.05) is 31.0 Å². The van der Waals surface area contributed by atoms with Gasteiger partial charge < -0.3 is 14.7 Å². The quantitative estimate of drug-likeness (QED) is 0.358. The maximum Gasteiger partial charge on any atom is 0.226 e. The Balaban J connectivity index is 1.13. The summed E-state index contributed by atoms with van der Waals surface area (Å²) in [6.45, 7) is 2.75. The van der Waals surface area contributed by atoms with E-state index in [2.05, 4.69) is 30.0 Å². The Hall–Kier alpha value is -2.38. The average Bonchev–Trinajstić information content (AvgIpc) is 3.48. The average molecular weight is 455 g/mol. The van der Waals surface area contributed by atoms with Crippen molar-refractivity contribution in [2.75, 3.05) is 25.1 Å². The SMILES string of the molecule is Clc1nc(NN2CCC(CCCOc3ccccc3)CC2)c2ncn(C3CCCC3)c2n1. The fourth-order valence-electron chi connectivity index (χ4n) is 4.98. The van der Waals surface area contributed by atoms with Crippen LogP contribution in [0.4, 0.5) is 5.82 Å². The van der Waals surface area contributed by atoms with Gasteiger partial charge in [-0.25, -0.2) is 9.99 Å². The smallest absolute Gasteiger partial charge is 0.226 e. The number of nitrogens with one attached hydrogen (secondary N) is 1. The van der Waals surface area contributed by atoms with Gasteiger partial charge in [0.1, 0.15) is 5.75 Å². The molecule has 170 valence electrons. The summed E-state index contributed by atoms with van der Waals surface area (Å²) in [6, 6.07) is 10.5. The van der Waals surface area contributed by atoms with Gasteiger partial charge in [-0.3, -0.25) is 0 Å². The number of para-hydroxylation sites is 1. The third kappa shape index (κ3) is 4.99. The van der Waals surface area contributed by atoms with Gasteiger partial charge in [-0.15, -0.1) is 0 Å². The molecular formula is C24H31ClN6O. The molecule has 0 amide bonds. The van der Waals surface area contributed by atoms with Crippen LogP contribution in [0.2, 0.25) is 5.28 Å². The van der Waals surface area contributed by atoms with E-state index in [4.69, 9.17) is 16.3 Å². The first kappa shape index (κ1) is 21.5. The number of rotatable bonds is 8. The highest BCUT2D eigenvalue weighted by atomic mass is 35.5. The molecule has 0 spiro atoms. The highest BCUT2D eigenvalue weighted by Gasteiger charge is 2.24. The number of nitrogens with zero attached hydrogens (tertiary/aromatic N) is 5. The van der Waals surface area contributed by atoms with Gasteiger partial charge in [-0.05, 0) is 68.2 Å².